The van der Waals surface area contributed by atoms with Crippen molar-refractivity contribution in [2.45, 2.75) is 31.6 Å². The lowest BCUT2D eigenvalue weighted by Crippen LogP contribution is -2.37. The minimum absolute atomic E-state index is 0.0210. The second-order valence-corrected chi connectivity index (χ2v) is 9.71. The minimum Gasteiger partial charge on any atom is -0.496 e. The van der Waals surface area contributed by atoms with Gasteiger partial charge in [0.15, 0.2) is 5.78 Å². The maximum Gasteiger partial charge on any atom is 0.254 e. The molecule has 2 N–H and O–H groups in total. The van der Waals surface area contributed by atoms with Crippen molar-refractivity contribution in [1.82, 2.24) is 5.32 Å². The van der Waals surface area contributed by atoms with Crippen LogP contribution < -0.4 is 15.4 Å². The number of methoxy groups -OCH3 is 1. The molecule has 5 nitrogen and oxygen atoms in total. The van der Waals surface area contributed by atoms with Gasteiger partial charge in [-0.05, 0) is 55.1 Å². The van der Waals surface area contributed by atoms with E-state index < -0.39 is 5.92 Å². The first-order chi connectivity index (χ1) is 17.0. The third kappa shape index (κ3) is 4.39. The fraction of sp³-hybridized carbons (Fsp3) is 0.214. The fourth-order valence-corrected chi connectivity index (χ4v) is 5.84. The topological polar surface area (TPSA) is 67.4 Å². The van der Waals surface area contributed by atoms with Crippen LogP contribution in [0.1, 0.15) is 42.0 Å². The van der Waals surface area contributed by atoms with Crippen LogP contribution in [0.4, 0.5) is 10.1 Å². The number of carbonyl (C=O) groups excluding carboxylic acids is 2. The molecule has 0 saturated heterocycles. The van der Waals surface area contributed by atoms with Crippen LogP contribution in [0.3, 0.4) is 0 Å². The molecule has 35 heavy (non-hydrogen) atoms. The first kappa shape index (κ1) is 23.1. The molecule has 2 unspecified atom stereocenters. The van der Waals surface area contributed by atoms with E-state index in [1.807, 2.05) is 42.6 Å². The summed E-state index contributed by atoms with van der Waals surface area (Å²) in [5.74, 6) is -0.578. The number of hydrogen-bond acceptors (Lipinski definition) is 5. The Morgan fingerprint density at radius 1 is 1.09 bits per heavy atom. The van der Waals surface area contributed by atoms with Crippen molar-refractivity contribution >= 4 is 28.7 Å². The molecule has 3 aromatic rings. The Morgan fingerprint density at radius 3 is 2.57 bits per heavy atom. The summed E-state index contributed by atoms with van der Waals surface area (Å²) in [6.07, 6.45) is 1.08. The number of allylic oxidation sites excluding steroid dienone is 3. The fourth-order valence-electron chi connectivity index (χ4n) is 5.01. The number of carbonyl (C=O) groups is 2. The van der Waals surface area contributed by atoms with Gasteiger partial charge in [0.25, 0.3) is 5.91 Å². The Labute approximate surface area is 207 Å². The summed E-state index contributed by atoms with van der Waals surface area (Å²) in [6, 6.07) is 17.2. The molecule has 0 fully saturated rings. The van der Waals surface area contributed by atoms with Crippen molar-refractivity contribution in [1.29, 1.82) is 0 Å². The first-order valence-corrected chi connectivity index (χ1v) is 12.3. The molecule has 2 heterocycles. The highest BCUT2D eigenvalue weighted by Gasteiger charge is 2.42. The maximum atomic E-state index is 13.7. The third-order valence-corrected chi connectivity index (χ3v) is 7.60. The number of hydrogen-bond donors (Lipinski definition) is 2. The van der Waals surface area contributed by atoms with Gasteiger partial charge in [-0.15, -0.1) is 11.3 Å². The molecule has 1 amide bonds. The number of amides is 1. The molecule has 2 aromatic carbocycles. The molecular formula is C28H25FN2O3S. The van der Waals surface area contributed by atoms with Crippen LogP contribution in [-0.2, 0) is 9.59 Å². The van der Waals surface area contributed by atoms with Gasteiger partial charge in [-0.25, -0.2) is 4.39 Å². The molecule has 1 aliphatic carbocycles. The quantitative estimate of drug-likeness (QED) is 0.470. The standard InChI is InChI=1S/C28H25FN2O3S/c1-16-25(28(33)31-19-11-9-18(29)10-12-19)26(20-6-3-4-7-23(20)34-2)27-21(30-16)14-17(15-22(27)32)24-8-5-13-35-24/h3-13,17,26,30H,14-15H2,1-2H3,(H,31,33). The van der Waals surface area contributed by atoms with Gasteiger partial charge < -0.3 is 15.4 Å². The molecule has 0 saturated carbocycles. The summed E-state index contributed by atoms with van der Waals surface area (Å²) in [5, 5.41) is 8.28. The first-order valence-electron chi connectivity index (χ1n) is 11.4. The predicted octanol–water partition coefficient (Wildman–Crippen LogP) is 5.90. The minimum atomic E-state index is -0.584. The van der Waals surface area contributed by atoms with Crippen LogP contribution in [-0.4, -0.2) is 18.8 Å². The van der Waals surface area contributed by atoms with Crippen LogP contribution in [0.5, 0.6) is 5.75 Å². The zero-order chi connectivity index (χ0) is 24.5. The van der Waals surface area contributed by atoms with Crippen LogP contribution in [0.2, 0.25) is 0 Å². The van der Waals surface area contributed by atoms with E-state index in [9.17, 15) is 14.0 Å². The number of rotatable bonds is 5. The van der Waals surface area contributed by atoms with Crippen LogP contribution in [0, 0.1) is 5.82 Å². The Balaban J connectivity index is 1.59. The number of benzene rings is 2. The summed E-state index contributed by atoms with van der Waals surface area (Å²) >= 11 is 1.66. The summed E-state index contributed by atoms with van der Waals surface area (Å²) in [5.41, 5.74) is 3.82. The van der Waals surface area contributed by atoms with E-state index in [0.29, 0.717) is 41.1 Å². The second-order valence-electron chi connectivity index (χ2n) is 8.74. The van der Waals surface area contributed by atoms with Crippen molar-refractivity contribution in [3.8, 4) is 5.75 Å². The highest BCUT2D eigenvalue weighted by molar-refractivity contribution is 7.10. The van der Waals surface area contributed by atoms with Gasteiger partial charge in [-0.1, -0.05) is 24.3 Å². The zero-order valence-corrected chi connectivity index (χ0v) is 20.2. The van der Waals surface area contributed by atoms with E-state index in [0.717, 1.165) is 11.3 Å². The number of ketones is 1. The lowest BCUT2D eigenvalue weighted by atomic mass is 9.72. The summed E-state index contributed by atoms with van der Waals surface area (Å²) in [4.78, 5) is 28.4. The Kier molecular flexibility index (Phi) is 6.26. The summed E-state index contributed by atoms with van der Waals surface area (Å²) in [6.45, 7) is 1.85. The third-order valence-electron chi connectivity index (χ3n) is 6.57. The van der Waals surface area contributed by atoms with Gasteiger partial charge in [0.2, 0.25) is 0 Å². The normalized spacial score (nSPS) is 19.8. The van der Waals surface area contributed by atoms with E-state index in [1.165, 1.54) is 29.1 Å². The number of halogens is 1. The summed E-state index contributed by atoms with van der Waals surface area (Å²) < 4.78 is 19.0. The number of nitrogens with one attached hydrogen (secondary N) is 2. The highest BCUT2D eigenvalue weighted by Crippen LogP contribution is 2.48. The van der Waals surface area contributed by atoms with E-state index in [2.05, 4.69) is 16.7 Å². The molecule has 2 aliphatic rings. The molecule has 0 spiro atoms. The molecule has 1 aliphatic heterocycles. The number of anilines is 1. The van der Waals surface area contributed by atoms with Crippen molar-refractivity contribution in [2.75, 3.05) is 12.4 Å². The number of Topliss-reactive ketones (excluding diaryl/α,β-unsaturated/α-hetero) is 1. The number of para-hydroxylation sites is 1. The molecule has 2 atom stereocenters. The Bertz CT molecular complexity index is 1340. The molecular weight excluding hydrogens is 463 g/mol. The van der Waals surface area contributed by atoms with Gasteiger partial charge in [-0.2, -0.15) is 0 Å². The number of thiophene rings is 1. The lowest BCUT2D eigenvalue weighted by molar-refractivity contribution is -0.116. The lowest BCUT2D eigenvalue weighted by Gasteiger charge is -2.37. The zero-order valence-electron chi connectivity index (χ0n) is 19.4. The van der Waals surface area contributed by atoms with Gasteiger partial charge in [0.05, 0.1) is 13.0 Å². The van der Waals surface area contributed by atoms with E-state index >= 15 is 0 Å². The van der Waals surface area contributed by atoms with Crippen molar-refractivity contribution in [3.63, 3.8) is 0 Å². The van der Waals surface area contributed by atoms with Gasteiger partial charge in [0.1, 0.15) is 11.6 Å². The Morgan fingerprint density at radius 2 is 1.86 bits per heavy atom. The number of dihydropyridines is 1. The van der Waals surface area contributed by atoms with Crippen molar-refractivity contribution < 1.29 is 18.7 Å². The largest absolute Gasteiger partial charge is 0.496 e. The predicted molar refractivity (Wildman–Crippen MR) is 135 cm³/mol. The number of ether oxygens (including phenoxy) is 1. The van der Waals surface area contributed by atoms with E-state index in [4.69, 9.17) is 4.74 Å². The molecule has 7 heteroatoms. The Hall–Kier alpha value is -3.71. The van der Waals surface area contributed by atoms with E-state index in [-0.39, 0.29) is 23.4 Å². The smallest absolute Gasteiger partial charge is 0.254 e. The maximum absolute atomic E-state index is 13.7. The van der Waals surface area contributed by atoms with Crippen LogP contribution in [0.25, 0.3) is 0 Å². The molecule has 0 bridgehead atoms. The van der Waals surface area contributed by atoms with Crippen molar-refractivity contribution in [2.24, 2.45) is 0 Å². The van der Waals surface area contributed by atoms with Crippen molar-refractivity contribution in [3.05, 3.63) is 105 Å². The monoisotopic (exact) mass is 488 g/mol. The van der Waals surface area contributed by atoms with Gasteiger partial charge in [-0.3, -0.25) is 9.59 Å². The van der Waals surface area contributed by atoms with Gasteiger partial charge >= 0.3 is 0 Å². The molecule has 5 rings (SSSR count). The van der Waals surface area contributed by atoms with E-state index in [1.54, 1.807) is 18.4 Å². The average Bonchev–Trinajstić information content (AvgIpc) is 3.39. The SMILES string of the molecule is COc1ccccc1C1C(C(=O)Nc2ccc(F)cc2)=C(C)NC2=C1C(=O)CC(c1cccs1)C2. The highest BCUT2D eigenvalue weighted by atomic mass is 32.1. The molecule has 0 radical (unpaired) electrons. The second kappa shape index (κ2) is 9.50. The van der Waals surface area contributed by atoms with Gasteiger partial charge in [0, 0.05) is 51.0 Å². The molecule has 178 valence electrons. The van der Waals surface area contributed by atoms with Crippen LogP contribution >= 0.6 is 11.3 Å². The average molecular weight is 489 g/mol. The van der Waals surface area contributed by atoms with Crippen LogP contribution in [0.15, 0.2) is 88.6 Å². The molecule has 1 aromatic heterocycles. The summed E-state index contributed by atoms with van der Waals surface area (Å²) in [7, 11) is 1.58.